The summed E-state index contributed by atoms with van der Waals surface area (Å²) < 4.78 is 0. The molecule has 4 rings (SSSR count). The molecule has 0 saturated carbocycles. The first-order valence-corrected chi connectivity index (χ1v) is 10.8. The molecule has 1 aliphatic heterocycles. The van der Waals surface area contributed by atoms with Gasteiger partial charge in [-0.2, -0.15) is 0 Å². The Kier molecular flexibility index (Phi) is 6.89. The number of nitrogens with zero attached hydrogens (tertiary/aromatic N) is 4. The van der Waals surface area contributed by atoms with E-state index in [9.17, 15) is 4.79 Å². The van der Waals surface area contributed by atoms with E-state index in [4.69, 9.17) is 0 Å². The van der Waals surface area contributed by atoms with E-state index in [-0.39, 0.29) is 12.1 Å². The molecule has 0 aromatic carbocycles. The summed E-state index contributed by atoms with van der Waals surface area (Å²) in [5.41, 5.74) is 1.80. The second kappa shape index (κ2) is 10.2. The molecule has 30 heavy (non-hydrogen) atoms. The third kappa shape index (κ3) is 6.01. The van der Waals surface area contributed by atoms with Crippen molar-refractivity contribution in [3.63, 3.8) is 0 Å². The molecule has 1 aliphatic rings. The van der Waals surface area contributed by atoms with Crippen LogP contribution in [-0.2, 0) is 6.54 Å². The van der Waals surface area contributed by atoms with E-state index in [1.54, 1.807) is 18.5 Å². The molecule has 0 radical (unpaired) electrons. The van der Waals surface area contributed by atoms with Gasteiger partial charge >= 0.3 is 6.03 Å². The minimum Gasteiger partial charge on any atom is -0.335 e. The second-order valence-corrected chi connectivity index (χ2v) is 8.16. The van der Waals surface area contributed by atoms with Crippen molar-refractivity contribution in [1.29, 1.82) is 0 Å². The molecule has 0 atom stereocenters. The highest BCUT2D eigenvalue weighted by Gasteiger charge is 2.21. The number of hydrogen-bond donors (Lipinski definition) is 2. The van der Waals surface area contributed by atoms with Crippen molar-refractivity contribution in [1.82, 2.24) is 25.2 Å². The van der Waals surface area contributed by atoms with Crippen LogP contribution in [0.5, 0.6) is 0 Å². The lowest BCUT2D eigenvalue weighted by atomic mass is 10.1. The maximum atomic E-state index is 12.4. The molecule has 0 spiro atoms. The molecule has 154 valence electrons. The van der Waals surface area contributed by atoms with Crippen molar-refractivity contribution < 1.29 is 4.79 Å². The normalized spacial score (nSPS) is 14.9. The molecule has 0 unspecified atom stereocenters. The van der Waals surface area contributed by atoms with Gasteiger partial charge in [0.25, 0.3) is 0 Å². The van der Waals surface area contributed by atoms with Gasteiger partial charge in [-0.25, -0.2) is 14.8 Å². The molecule has 1 fully saturated rings. The van der Waals surface area contributed by atoms with Gasteiger partial charge in [-0.05, 0) is 49.2 Å². The number of urea groups is 1. The summed E-state index contributed by atoms with van der Waals surface area (Å²) >= 11 is 1.46. The number of piperidine rings is 1. The lowest BCUT2D eigenvalue weighted by molar-refractivity contribution is 0.188. The van der Waals surface area contributed by atoms with Crippen LogP contribution in [0, 0.1) is 0 Å². The molecule has 1 saturated heterocycles. The van der Waals surface area contributed by atoms with E-state index >= 15 is 0 Å². The SMILES string of the molecule is O=C(Nc1ccnc(Sc2ccccn2)c1)NC1CCN(Cc2ccccn2)CC1. The van der Waals surface area contributed by atoms with Crippen molar-refractivity contribution in [3.05, 3.63) is 72.8 Å². The quantitative estimate of drug-likeness (QED) is 0.631. The highest BCUT2D eigenvalue weighted by molar-refractivity contribution is 7.99. The Labute approximate surface area is 180 Å². The third-order valence-corrected chi connectivity index (χ3v) is 5.76. The molecule has 0 bridgehead atoms. The summed E-state index contributed by atoms with van der Waals surface area (Å²) in [6.45, 7) is 2.75. The van der Waals surface area contributed by atoms with E-state index in [1.165, 1.54) is 11.8 Å². The Morgan fingerprint density at radius 2 is 1.73 bits per heavy atom. The summed E-state index contributed by atoms with van der Waals surface area (Å²) in [5.74, 6) is 0. The first-order valence-electron chi connectivity index (χ1n) is 9.99. The molecule has 2 amide bonds. The molecule has 2 N–H and O–H groups in total. The van der Waals surface area contributed by atoms with E-state index in [1.807, 2.05) is 48.7 Å². The Morgan fingerprint density at radius 1 is 0.967 bits per heavy atom. The molecule has 7 nitrogen and oxygen atoms in total. The maximum absolute atomic E-state index is 12.4. The first-order chi connectivity index (χ1) is 14.7. The summed E-state index contributed by atoms with van der Waals surface area (Å²) in [5, 5.41) is 7.66. The van der Waals surface area contributed by atoms with Crippen molar-refractivity contribution in [2.45, 2.75) is 35.5 Å². The Balaban J connectivity index is 1.24. The van der Waals surface area contributed by atoms with E-state index in [2.05, 4.69) is 30.5 Å². The van der Waals surface area contributed by atoms with Gasteiger partial charge < -0.3 is 10.6 Å². The number of aromatic nitrogens is 3. The molecule has 3 aromatic heterocycles. The third-order valence-electron chi connectivity index (χ3n) is 4.87. The van der Waals surface area contributed by atoms with Gasteiger partial charge in [-0.1, -0.05) is 23.9 Å². The monoisotopic (exact) mass is 420 g/mol. The van der Waals surface area contributed by atoms with Gasteiger partial charge in [0.05, 0.1) is 5.69 Å². The zero-order chi connectivity index (χ0) is 20.6. The number of pyridine rings is 3. The molecular formula is C22H24N6OS. The fourth-order valence-corrected chi connectivity index (χ4v) is 4.14. The van der Waals surface area contributed by atoms with Crippen LogP contribution in [0.4, 0.5) is 10.5 Å². The molecule has 4 heterocycles. The summed E-state index contributed by atoms with van der Waals surface area (Å²) in [4.78, 5) is 27.8. The van der Waals surface area contributed by atoms with E-state index < -0.39 is 0 Å². The number of hydrogen-bond acceptors (Lipinski definition) is 6. The van der Waals surface area contributed by atoms with Gasteiger partial charge in [0.2, 0.25) is 0 Å². The number of anilines is 1. The molecule has 3 aromatic rings. The number of nitrogens with one attached hydrogen (secondary N) is 2. The number of amides is 2. The fourth-order valence-electron chi connectivity index (χ4n) is 3.37. The van der Waals surface area contributed by atoms with E-state index in [0.717, 1.165) is 48.2 Å². The van der Waals surface area contributed by atoms with Crippen molar-refractivity contribution in [3.8, 4) is 0 Å². The predicted molar refractivity (Wildman–Crippen MR) is 117 cm³/mol. The Bertz CT molecular complexity index is 948. The van der Waals surface area contributed by atoms with E-state index in [0.29, 0.717) is 5.69 Å². The van der Waals surface area contributed by atoms with Crippen LogP contribution in [0.2, 0.25) is 0 Å². The van der Waals surface area contributed by atoms with Gasteiger partial charge in [0.1, 0.15) is 10.1 Å². The van der Waals surface area contributed by atoms with Gasteiger partial charge in [-0.3, -0.25) is 9.88 Å². The van der Waals surface area contributed by atoms with Crippen molar-refractivity contribution in [2.75, 3.05) is 18.4 Å². The highest BCUT2D eigenvalue weighted by Crippen LogP contribution is 2.25. The molecule has 8 heteroatoms. The van der Waals surface area contributed by atoms with Crippen LogP contribution in [0.25, 0.3) is 0 Å². The minimum absolute atomic E-state index is 0.175. The Morgan fingerprint density at radius 3 is 2.47 bits per heavy atom. The first kappa shape index (κ1) is 20.3. The molecular weight excluding hydrogens is 396 g/mol. The van der Waals surface area contributed by atoms with Crippen LogP contribution in [0.1, 0.15) is 18.5 Å². The largest absolute Gasteiger partial charge is 0.335 e. The number of carbonyl (C=O) groups is 1. The standard InChI is InChI=1S/C22H24N6OS/c29-22(26-17-8-13-28(14-9-17)16-19-5-1-3-10-23-19)27-18-7-12-25-21(15-18)30-20-6-2-4-11-24-20/h1-7,10-12,15,17H,8-9,13-14,16H2,(H2,25,26,27,29). The summed E-state index contributed by atoms with van der Waals surface area (Å²) in [6, 6.07) is 15.4. The number of carbonyl (C=O) groups excluding carboxylic acids is 1. The van der Waals surface area contributed by atoms with Crippen LogP contribution < -0.4 is 10.6 Å². The van der Waals surface area contributed by atoms with Crippen molar-refractivity contribution in [2.24, 2.45) is 0 Å². The lowest BCUT2D eigenvalue weighted by Crippen LogP contribution is -2.45. The van der Waals surface area contributed by atoms with Crippen LogP contribution in [0.3, 0.4) is 0 Å². The minimum atomic E-state index is -0.182. The topological polar surface area (TPSA) is 83.0 Å². The van der Waals surface area contributed by atoms with Gasteiger partial charge in [-0.15, -0.1) is 0 Å². The number of likely N-dealkylation sites (tertiary alicyclic amines) is 1. The lowest BCUT2D eigenvalue weighted by Gasteiger charge is -2.32. The van der Waals surface area contributed by atoms with Crippen LogP contribution in [0.15, 0.2) is 77.2 Å². The second-order valence-electron chi connectivity index (χ2n) is 7.12. The predicted octanol–water partition coefficient (Wildman–Crippen LogP) is 3.81. The fraction of sp³-hybridized carbons (Fsp3) is 0.273. The number of rotatable bonds is 6. The van der Waals surface area contributed by atoms with Crippen molar-refractivity contribution >= 4 is 23.5 Å². The highest BCUT2D eigenvalue weighted by atomic mass is 32.2. The van der Waals surface area contributed by atoms with Crippen LogP contribution >= 0.6 is 11.8 Å². The zero-order valence-electron chi connectivity index (χ0n) is 16.6. The smallest absolute Gasteiger partial charge is 0.319 e. The van der Waals surface area contributed by atoms with Gasteiger partial charge in [0.15, 0.2) is 0 Å². The maximum Gasteiger partial charge on any atom is 0.319 e. The summed E-state index contributed by atoms with van der Waals surface area (Å²) in [6.07, 6.45) is 7.12. The Hall–Kier alpha value is -2.97. The molecule has 0 aliphatic carbocycles. The van der Waals surface area contributed by atoms with Gasteiger partial charge in [0, 0.05) is 50.0 Å². The average molecular weight is 421 g/mol. The van der Waals surface area contributed by atoms with Crippen LogP contribution in [-0.4, -0.2) is 45.0 Å². The average Bonchev–Trinajstić information content (AvgIpc) is 2.77. The summed E-state index contributed by atoms with van der Waals surface area (Å²) in [7, 11) is 0. The zero-order valence-corrected chi connectivity index (χ0v) is 17.4.